The molecule has 0 unspecified atom stereocenters. The van der Waals surface area contributed by atoms with Gasteiger partial charge in [-0.1, -0.05) is 17.7 Å². The first-order valence-electron chi connectivity index (χ1n) is 5.02. The van der Waals surface area contributed by atoms with E-state index in [0.29, 0.717) is 12.3 Å². The number of rotatable bonds is 5. The van der Waals surface area contributed by atoms with Crippen molar-refractivity contribution < 1.29 is 13.2 Å². The summed E-state index contributed by atoms with van der Waals surface area (Å²) in [6.07, 6.45) is 1.19. The molecule has 0 radical (unpaired) electrons. The highest BCUT2D eigenvalue weighted by atomic mass is 32.2. The Morgan fingerprint density at radius 3 is 2.62 bits per heavy atom. The second kappa shape index (κ2) is 5.32. The van der Waals surface area contributed by atoms with Crippen LogP contribution >= 0.6 is 0 Å². The van der Waals surface area contributed by atoms with E-state index in [4.69, 9.17) is 10.5 Å². The van der Waals surface area contributed by atoms with E-state index < -0.39 is 9.84 Å². The van der Waals surface area contributed by atoms with Gasteiger partial charge in [0.2, 0.25) is 0 Å². The normalized spacial score (nSPS) is 11.4. The quantitative estimate of drug-likeness (QED) is 0.833. The Morgan fingerprint density at radius 2 is 2.06 bits per heavy atom. The molecule has 1 rings (SSSR count). The van der Waals surface area contributed by atoms with Gasteiger partial charge >= 0.3 is 0 Å². The average molecular weight is 243 g/mol. The number of sulfone groups is 1. The predicted molar refractivity (Wildman–Crippen MR) is 64.3 cm³/mol. The van der Waals surface area contributed by atoms with Crippen LogP contribution in [0.15, 0.2) is 18.2 Å². The van der Waals surface area contributed by atoms with Crippen LogP contribution in [0.4, 0.5) is 0 Å². The van der Waals surface area contributed by atoms with Gasteiger partial charge in [0.05, 0.1) is 5.75 Å². The molecule has 1 aromatic rings. The molecule has 0 fully saturated rings. The molecule has 0 saturated carbocycles. The highest BCUT2D eigenvalue weighted by Gasteiger charge is 2.05. The van der Waals surface area contributed by atoms with Crippen LogP contribution in [0.2, 0.25) is 0 Å². The lowest BCUT2D eigenvalue weighted by Crippen LogP contribution is -2.13. The second-order valence-corrected chi connectivity index (χ2v) is 6.05. The van der Waals surface area contributed by atoms with E-state index in [1.54, 1.807) is 0 Å². The molecule has 0 heterocycles. The fraction of sp³-hybridized carbons (Fsp3) is 0.455. The molecule has 0 aromatic heterocycles. The second-order valence-electron chi connectivity index (χ2n) is 3.79. The summed E-state index contributed by atoms with van der Waals surface area (Å²) in [7, 11) is -2.98. The molecule has 4 nitrogen and oxygen atoms in total. The van der Waals surface area contributed by atoms with E-state index >= 15 is 0 Å². The largest absolute Gasteiger partial charge is 0.492 e. The topological polar surface area (TPSA) is 69.4 Å². The highest BCUT2D eigenvalue weighted by Crippen LogP contribution is 2.19. The van der Waals surface area contributed by atoms with Crippen molar-refractivity contribution in [3.05, 3.63) is 29.3 Å². The zero-order valence-electron chi connectivity index (χ0n) is 9.56. The molecule has 2 N–H and O–H groups in total. The Hall–Kier alpha value is -1.07. The molecule has 90 valence electrons. The van der Waals surface area contributed by atoms with Crippen molar-refractivity contribution in [3.63, 3.8) is 0 Å². The van der Waals surface area contributed by atoms with Crippen LogP contribution in [-0.2, 0) is 16.4 Å². The van der Waals surface area contributed by atoms with Gasteiger partial charge in [-0.15, -0.1) is 0 Å². The van der Waals surface area contributed by atoms with E-state index in [2.05, 4.69) is 0 Å². The molecule has 1 aromatic carbocycles. The summed E-state index contributed by atoms with van der Waals surface area (Å²) in [6.45, 7) is 2.52. The van der Waals surface area contributed by atoms with Crippen LogP contribution in [0.3, 0.4) is 0 Å². The number of ether oxygens (including phenoxy) is 1. The molecular weight excluding hydrogens is 226 g/mol. The maximum Gasteiger partial charge on any atom is 0.150 e. The molecule has 0 amide bonds. The Kier molecular flexibility index (Phi) is 4.32. The van der Waals surface area contributed by atoms with Crippen molar-refractivity contribution in [3.8, 4) is 5.75 Å². The summed E-state index contributed by atoms with van der Waals surface area (Å²) in [5.74, 6) is 0.682. The third-order valence-corrected chi connectivity index (χ3v) is 3.06. The van der Waals surface area contributed by atoms with Gasteiger partial charge in [-0.25, -0.2) is 8.42 Å². The first-order chi connectivity index (χ1) is 7.42. The third-order valence-electron chi connectivity index (χ3n) is 2.15. The predicted octanol–water partition coefficient (Wildman–Crippen LogP) is 0.877. The molecule has 0 atom stereocenters. The SMILES string of the molecule is Cc1ccc(OCCS(C)(=O)=O)c(CN)c1. The van der Waals surface area contributed by atoms with Gasteiger partial charge in [-0.05, 0) is 13.0 Å². The average Bonchev–Trinajstić information content (AvgIpc) is 2.18. The zero-order chi connectivity index (χ0) is 12.2. The monoisotopic (exact) mass is 243 g/mol. The first-order valence-corrected chi connectivity index (χ1v) is 7.08. The summed E-state index contributed by atoms with van der Waals surface area (Å²) in [5, 5.41) is 0. The summed E-state index contributed by atoms with van der Waals surface area (Å²) in [4.78, 5) is 0. The van der Waals surface area contributed by atoms with E-state index in [9.17, 15) is 8.42 Å². The Morgan fingerprint density at radius 1 is 1.38 bits per heavy atom. The Balaban J connectivity index is 2.67. The van der Waals surface area contributed by atoms with Gasteiger partial charge in [0.15, 0.2) is 9.84 Å². The standard InChI is InChI=1S/C11H17NO3S/c1-9-3-4-11(10(7-9)8-12)15-5-6-16(2,13)14/h3-4,7H,5-6,8,12H2,1-2H3. The van der Waals surface area contributed by atoms with Crippen molar-refractivity contribution in [1.82, 2.24) is 0 Å². The molecule has 0 aliphatic carbocycles. The molecule has 0 saturated heterocycles. The minimum Gasteiger partial charge on any atom is -0.492 e. The highest BCUT2D eigenvalue weighted by molar-refractivity contribution is 7.90. The van der Waals surface area contributed by atoms with Gasteiger partial charge in [0, 0.05) is 18.4 Å². The van der Waals surface area contributed by atoms with Crippen LogP contribution < -0.4 is 10.5 Å². The lowest BCUT2D eigenvalue weighted by atomic mass is 10.1. The number of hydrogen-bond acceptors (Lipinski definition) is 4. The fourth-order valence-electron chi connectivity index (χ4n) is 1.31. The van der Waals surface area contributed by atoms with E-state index in [1.807, 2.05) is 25.1 Å². The lowest BCUT2D eigenvalue weighted by molar-refractivity contribution is 0.337. The van der Waals surface area contributed by atoms with Crippen molar-refractivity contribution >= 4 is 9.84 Å². The van der Waals surface area contributed by atoms with E-state index in [-0.39, 0.29) is 12.4 Å². The van der Waals surface area contributed by atoms with Crippen molar-refractivity contribution in [2.24, 2.45) is 5.73 Å². The molecule has 0 bridgehead atoms. The van der Waals surface area contributed by atoms with Crippen LogP contribution in [0.25, 0.3) is 0 Å². The van der Waals surface area contributed by atoms with Crippen LogP contribution in [0.1, 0.15) is 11.1 Å². The molecule has 5 heteroatoms. The smallest absolute Gasteiger partial charge is 0.150 e. The van der Waals surface area contributed by atoms with Gasteiger partial charge in [0.1, 0.15) is 12.4 Å². The summed E-state index contributed by atoms with van der Waals surface area (Å²) in [5.41, 5.74) is 7.58. The van der Waals surface area contributed by atoms with Crippen LogP contribution in [0.5, 0.6) is 5.75 Å². The summed E-state index contributed by atoms with van der Waals surface area (Å²) < 4.78 is 27.3. The molecule has 16 heavy (non-hydrogen) atoms. The van der Waals surface area contributed by atoms with Crippen molar-refractivity contribution in [2.75, 3.05) is 18.6 Å². The Labute approximate surface area is 96.3 Å². The van der Waals surface area contributed by atoms with Gasteiger partial charge in [-0.3, -0.25) is 0 Å². The van der Waals surface area contributed by atoms with Crippen molar-refractivity contribution in [1.29, 1.82) is 0 Å². The lowest BCUT2D eigenvalue weighted by Gasteiger charge is -2.10. The molecule has 0 spiro atoms. The van der Waals surface area contributed by atoms with Gasteiger partial charge in [-0.2, -0.15) is 0 Å². The van der Waals surface area contributed by atoms with Gasteiger partial charge < -0.3 is 10.5 Å². The number of nitrogens with two attached hydrogens (primary N) is 1. The maximum absolute atomic E-state index is 10.9. The number of hydrogen-bond donors (Lipinski definition) is 1. The third kappa shape index (κ3) is 4.20. The van der Waals surface area contributed by atoms with Crippen LogP contribution in [0, 0.1) is 6.92 Å². The van der Waals surface area contributed by atoms with Gasteiger partial charge in [0.25, 0.3) is 0 Å². The summed E-state index contributed by atoms with van der Waals surface area (Å²) >= 11 is 0. The molecule has 0 aliphatic heterocycles. The zero-order valence-corrected chi connectivity index (χ0v) is 10.4. The number of benzene rings is 1. The van der Waals surface area contributed by atoms with E-state index in [1.165, 1.54) is 6.26 Å². The van der Waals surface area contributed by atoms with Crippen LogP contribution in [-0.4, -0.2) is 27.0 Å². The first kappa shape index (κ1) is 13.0. The van der Waals surface area contributed by atoms with Crippen molar-refractivity contribution in [2.45, 2.75) is 13.5 Å². The minimum absolute atomic E-state index is 0.0187. The summed E-state index contributed by atoms with van der Waals surface area (Å²) in [6, 6.07) is 5.67. The maximum atomic E-state index is 10.9. The molecular formula is C11H17NO3S. The number of aryl methyl sites for hydroxylation is 1. The fourth-order valence-corrected chi connectivity index (χ4v) is 1.70. The van der Waals surface area contributed by atoms with E-state index in [0.717, 1.165) is 11.1 Å². The molecule has 0 aliphatic rings. The minimum atomic E-state index is -2.98. The Bertz CT molecular complexity index is 454.